The Kier molecular flexibility index (Phi) is 4.98. The summed E-state index contributed by atoms with van der Waals surface area (Å²) in [5.41, 5.74) is 0.827. The summed E-state index contributed by atoms with van der Waals surface area (Å²) in [6, 6.07) is 7.31. The van der Waals surface area contributed by atoms with Crippen molar-refractivity contribution in [3.05, 3.63) is 34.7 Å². The van der Waals surface area contributed by atoms with E-state index in [4.69, 9.17) is 22.1 Å². The zero-order valence-corrected chi connectivity index (χ0v) is 12.9. The summed E-state index contributed by atoms with van der Waals surface area (Å²) in [6.45, 7) is 0.0927. The van der Waals surface area contributed by atoms with Crippen LogP contribution in [0.4, 0.5) is 0 Å². The molecular formula is C14H13NO4S2. The number of methoxy groups -OCH3 is 1. The van der Waals surface area contributed by atoms with Gasteiger partial charge in [-0.2, -0.15) is 0 Å². The predicted octanol–water partition coefficient (Wildman–Crippen LogP) is 2.37. The van der Waals surface area contributed by atoms with Crippen LogP contribution in [0.1, 0.15) is 12.0 Å². The molecule has 5 nitrogen and oxygen atoms in total. The number of nitrogens with zero attached hydrogens (tertiary/aromatic N) is 1. The molecule has 0 radical (unpaired) electrons. The number of rotatable bonds is 5. The summed E-state index contributed by atoms with van der Waals surface area (Å²) in [6.07, 6.45) is 1.60. The first-order valence-electron chi connectivity index (χ1n) is 6.12. The van der Waals surface area contributed by atoms with Crippen LogP contribution in [0.5, 0.6) is 5.75 Å². The lowest BCUT2D eigenvalue weighted by molar-refractivity contribution is -0.137. The zero-order chi connectivity index (χ0) is 15.4. The monoisotopic (exact) mass is 323 g/mol. The van der Waals surface area contributed by atoms with Crippen molar-refractivity contribution in [1.82, 2.24) is 4.90 Å². The van der Waals surface area contributed by atoms with E-state index in [2.05, 4.69) is 0 Å². The second kappa shape index (κ2) is 6.73. The molecule has 1 aliphatic heterocycles. The van der Waals surface area contributed by atoms with Crippen LogP contribution in [-0.4, -0.2) is 39.9 Å². The zero-order valence-electron chi connectivity index (χ0n) is 11.2. The van der Waals surface area contributed by atoms with Gasteiger partial charge in [-0.15, -0.1) is 0 Å². The molecule has 21 heavy (non-hydrogen) atoms. The third-order valence-corrected chi connectivity index (χ3v) is 4.19. The van der Waals surface area contributed by atoms with Gasteiger partial charge >= 0.3 is 5.97 Å². The molecule has 2 rings (SSSR count). The topological polar surface area (TPSA) is 66.8 Å². The van der Waals surface area contributed by atoms with Crippen LogP contribution in [0, 0.1) is 0 Å². The molecule has 1 amide bonds. The molecule has 110 valence electrons. The molecule has 0 bridgehead atoms. The van der Waals surface area contributed by atoms with Crippen LogP contribution < -0.4 is 4.74 Å². The van der Waals surface area contributed by atoms with Crippen molar-refractivity contribution in [2.45, 2.75) is 6.42 Å². The molecule has 1 saturated heterocycles. The Balaban J connectivity index is 2.17. The van der Waals surface area contributed by atoms with Gasteiger partial charge in [0.2, 0.25) is 0 Å². The highest BCUT2D eigenvalue weighted by Crippen LogP contribution is 2.32. The van der Waals surface area contributed by atoms with Crippen LogP contribution >= 0.6 is 24.0 Å². The summed E-state index contributed by atoms with van der Waals surface area (Å²) < 4.78 is 5.52. The molecule has 0 spiro atoms. The van der Waals surface area contributed by atoms with Crippen molar-refractivity contribution in [1.29, 1.82) is 0 Å². The first-order valence-corrected chi connectivity index (χ1v) is 7.35. The molecule has 1 N–H and O–H groups in total. The molecule has 0 unspecified atom stereocenters. The quantitative estimate of drug-likeness (QED) is 0.663. The van der Waals surface area contributed by atoms with E-state index >= 15 is 0 Å². The lowest BCUT2D eigenvalue weighted by Crippen LogP contribution is -2.30. The number of ether oxygens (including phenoxy) is 1. The smallest absolute Gasteiger partial charge is 0.305 e. The third kappa shape index (κ3) is 3.83. The second-order valence-corrected chi connectivity index (χ2v) is 5.93. The average molecular weight is 323 g/mol. The van der Waals surface area contributed by atoms with Crippen LogP contribution in [0.25, 0.3) is 6.08 Å². The number of carbonyl (C=O) groups is 2. The fraction of sp³-hybridized carbons (Fsp3) is 0.214. The van der Waals surface area contributed by atoms with E-state index in [1.54, 1.807) is 13.2 Å². The van der Waals surface area contributed by atoms with Crippen molar-refractivity contribution in [2.24, 2.45) is 0 Å². The maximum Gasteiger partial charge on any atom is 0.305 e. The number of thiocarbonyl (C=S) groups is 1. The summed E-state index contributed by atoms with van der Waals surface area (Å²) in [7, 11) is 1.57. The number of hydrogen-bond donors (Lipinski definition) is 1. The maximum atomic E-state index is 12.2. The Morgan fingerprint density at radius 2 is 2.29 bits per heavy atom. The Hall–Kier alpha value is -1.86. The highest BCUT2D eigenvalue weighted by Gasteiger charge is 2.31. The lowest BCUT2D eigenvalue weighted by atomic mass is 10.2. The van der Waals surface area contributed by atoms with E-state index in [1.807, 2.05) is 24.3 Å². The lowest BCUT2D eigenvalue weighted by Gasteiger charge is -2.12. The number of amides is 1. The highest BCUT2D eigenvalue weighted by molar-refractivity contribution is 8.26. The van der Waals surface area contributed by atoms with Crippen molar-refractivity contribution in [3.8, 4) is 5.75 Å². The molecule has 0 aromatic heterocycles. The van der Waals surface area contributed by atoms with E-state index in [-0.39, 0.29) is 18.9 Å². The fourth-order valence-corrected chi connectivity index (χ4v) is 3.09. The number of carboxylic acids is 1. The number of thioether (sulfide) groups is 1. The van der Waals surface area contributed by atoms with E-state index in [0.717, 1.165) is 5.56 Å². The number of aliphatic carboxylic acids is 1. The average Bonchev–Trinajstić information content (AvgIpc) is 2.71. The van der Waals surface area contributed by atoms with Crippen molar-refractivity contribution in [2.75, 3.05) is 13.7 Å². The Bertz CT molecular complexity index is 627. The first kappa shape index (κ1) is 15.5. The van der Waals surface area contributed by atoms with Gasteiger partial charge in [0.1, 0.15) is 10.1 Å². The van der Waals surface area contributed by atoms with E-state index in [0.29, 0.717) is 15.0 Å². The molecule has 1 aromatic rings. The molecule has 1 fully saturated rings. The summed E-state index contributed by atoms with van der Waals surface area (Å²) in [5, 5.41) is 8.69. The molecular weight excluding hydrogens is 310 g/mol. The minimum Gasteiger partial charge on any atom is -0.497 e. The Morgan fingerprint density at radius 1 is 1.52 bits per heavy atom. The molecule has 1 heterocycles. The number of carboxylic acid groups (broad SMARTS) is 1. The second-order valence-electron chi connectivity index (χ2n) is 4.25. The molecule has 0 atom stereocenters. The Morgan fingerprint density at radius 3 is 2.95 bits per heavy atom. The fourth-order valence-electron chi connectivity index (χ4n) is 1.78. The first-order chi connectivity index (χ1) is 10.0. The molecule has 0 saturated carbocycles. The van der Waals surface area contributed by atoms with Gasteiger partial charge in [-0.1, -0.05) is 36.1 Å². The van der Waals surface area contributed by atoms with Crippen LogP contribution in [-0.2, 0) is 9.59 Å². The summed E-state index contributed by atoms with van der Waals surface area (Å²) in [4.78, 5) is 24.6. The summed E-state index contributed by atoms with van der Waals surface area (Å²) >= 11 is 6.30. The van der Waals surface area contributed by atoms with Crippen LogP contribution in [0.3, 0.4) is 0 Å². The number of carbonyl (C=O) groups excluding carboxylic acids is 1. The van der Waals surface area contributed by atoms with Crippen LogP contribution in [0.15, 0.2) is 29.2 Å². The van der Waals surface area contributed by atoms with Crippen molar-refractivity contribution < 1.29 is 19.4 Å². The minimum absolute atomic E-state index is 0.0927. The van der Waals surface area contributed by atoms with Gasteiger partial charge in [-0.05, 0) is 23.8 Å². The molecule has 1 aromatic carbocycles. The van der Waals surface area contributed by atoms with Crippen LogP contribution in [0.2, 0.25) is 0 Å². The van der Waals surface area contributed by atoms with Gasteiger partial charge in [0.05, 0.1) is 18.4 Å². The van der Waals surface area contributed by atoms with E-state index < -0.39 is 5.97 Å². The van der Waals surface area contributed by atoms with Gasteiger partial charge in [0.15, 0.2) is 0 Å². The molecule has 0 aliphatic carbocycles. The third-order valence-electron chi connectivity index (χ3n) is 2.81. The van der Waals surface area contributed by atoms with Crippen molar-refractivity contribution >= 4 is 46.3 Å². The maximum absolute atomic E-state index is 12.2. The Labute approximate surface area is 131 Å². The van der Waals surface area contributed by atoms with Gasteiger partial charge in [0.25, 0.3) is 5.91 Å². The molecule has 7 heteroatoms. The van der Waals surface area contributed by atoms with Gasteiger partial charge in [-0.25, -0.2) is 0 Å². The van der Waals surface area contributed by atoms with E-state index in [9.17, 15) is 9.59 Å². The predicted molar refractivity (Wildman–Crippen MR) is 85.1 cm³/mol. The minimum atomic E-state index is -0.958. The SMILES string of the molecule is COc1cccc(/C=C2\SC(=S)N(CCC(=O)O)C2=O)c1. The van der Waals surface area contributed by atoms with E-state index in [1.165, 1.54) is 16.7 Å². The normalized spacial score (nSPS) is 16.6. The summed E-state index contributed by atoms with van der Waals surface area (Å²) in [5.74, 6) is -0.514. The number of hydrogen-bond acceptors (Lipinski definition) is 5. The number of benzene rings is 1. The van der Waals surface area contributed by atoms with Gasteiger partial charge < -0.3 is 9.84 Å². The standard InChI is InChI=1S/C14H13NO4S2/c1-19-10-4-2-3-9(7-10)8-11-13(18)15(14(20)21-11)6-5-12(16)17/h2-4,7-8H,5-6H2,1H3,(H,16,17)/b11-8-. The van der Waals surface area contributed by atoms with Gasteiger partial charge in [0, 0.05) is 6.54 Å². The van der Waals surface area contributed by atoms with Crippen molar-refractivity contribution in [3.63, 3.8) is 0 Å². The largest absolute Gasteiger partial charge is 0.497 e. The highest BCUT2D eigenvalue weighted by atomic mass is 32.2. The van der Waals surface area contributed by atoms with Gasteiger partial charge in [-0.3, -0.25) is 14.5 Å². The molecule has 1 aliphatic rings.